The van der Waals surface area contributed by atoms with Crippen LogP contribution in [0.25, 0.3) is 0 Å². The summed E-state index contributed by atoms with van der Waals surface area (Å²) in [6, 6.07) is 12.6. The van der Waals surface area contributed by atoms with Crippen LogP contribution in [0.2, 0.25) is 0 Å². The molecule has 43 heavy (non-hydrogen) atoms. The number of carbonyl (C=O) groups is 2. The summed E-state index contributed by atoms with van der Waals surface area (Å²) in [5, 5.41) is 27.0. The number of sulfone groups is 1. The van der Waals surface area contributed by atoms with Crippen LogP contribution in [0.15, 0.2) is 79.9 Å². The molecule has 0 heterocycles. The summed E-state index contributed by atoms with van der Waals surface area (Å²) in [4.78, 5) is 23.7. The molecule has 3 aromatic rings. The van der Waals surface area contributed by atoms with E-state index in [0.717, 1.165) is 6.07 Å². The molecule has 0 saturated carbocycles. The van der Waals surface area contributed by atoms with Crippen LogP contribution in [0, 0.1) is 0 Å². The highest BCUT2D eigenvalue weighted by molar-refractivity contribution is 7.91. The zero-order valence-corrected chi connectivity index (χ0v) is 24.2. The van der Waals surface area contributed by atoms with Gasteiger partial charge in [0, 0.05) is 12.1 Å². The normalized spacial score (nSPS) is 12.1. The van der Waals surface area contributed by atoms with E-state index in [9.17, 15) is 31.0 Å². The summed E-state index contributed by atoms with van der Waals surface area (Å²) in [5.74, 6) is -2.10. The first kappa shape index (κ1) is 32.7. The molecule has 0 saturated heterocycles. The number of anilines is 2. The van der Waals surface area contributed by atoms with Gasteiger partial charge in [0.05, 0.1) is 47.8 Å². The molecule has 18 heteroatoms. The van der Waals surface area contributed by atoms with Crippen LogP contribution < -0.4 is 16.8 Å². The van der Waals surface area contributed by atoms with Crippen LogP contribution in [-0.4, -0.2) is 70.1 Å². The molecule has 3 rings (SSSR count). The smallest absolute Gasteiger partial charge is 0.340 e. The number of benzene rings is 3. The Hall–Kier alpha value is -4.78. The highest BCUT2D eigenvalue weighted by Gasteiger charge is 2.23. The van der Waals surface area contributed by atoms with Crippen LogP contribution in [0.5, 0.6) is 0 Å². The number of hydrogen-bond donors (Lipinski definition) is 5. The summed E-state index contributed by atoms with van der Waals surface area (Å²) in [5.41, 5.74) is 11.0. The number of aliphatic hydroxyl groups excluding tert-OH is 1. The molecule has 0 spiro atoms. The molecular formula is C25H27N7O9S2. The molecule has 0 aliphatic carbocycles. The molecule has 0 radical (unpaired) electrons. The first-order valence-electron chi connectivity index (χ1n) is 12.2. The number of nitrogens with one attached hydrogen (secondary N) is 1. The third-order valence-electron chi connectivity index (χ3n) is 5.65. The highest BCUT2D eigenvalue weighted by atomic mass is 32.2. The number of methoxy groups -OCH3 is 1. The molecule has 0 atom stereocenters. The molecular weight excluding hydrogens is 606 g/mol. The van der Waals surface area contributed by atoms with Crippen molar-refractivity contribution in [3.05, 3.63) is 65.7 Å². The minimum absolute atomic E-state index is 0.0633. The standard InChI is InChI=1S/C25H27N7O9S2/c1-41-25(35)17-7-2-3-8-18(17)30-31-19-14-20(43(38,39)40)22(27)23(21(19)26)32-29-16-6-4-5-15(13-16)24(34)28-9-11-42(36,37)12-10-33/h2-8,13-14,33H,9-12,26-27H2,1H3,(H,28,34)(H,38,39,40)/b31-30+,32-29+. The number of esters is 1. The van der Waals surface area contributed by atoms with Gasteiger partial charge in [0.1, 0.15) is 22.0 Å². The van der Waals surface area contributed by atoms with Gasteiger partial charge in [-0.15, -0.1) is 15.3 Å². The molecule has 0 aliphatic rings. The molecule has 0 aromatic heterocycles. The lowest BCUT2D eigenvalue weighted by atomic mass is 10.2. The van der Waals surface area contributed by atoms with Crippen molar-refractivity contribution in [3.8, 4) is 0 Å². The van der Waals surface area contributed by atoms with Gasteiger partial charge in [-0.1, -0.05) is 18.2 Å². The summed E-state index contributed by atoms with van der Waals surface area (Å²) in [6.07, 6.45) is 0. The molecule has 16 nitrogen and oxygen atoms in total. The van der Waals surface area contributed by atoms with E-state index < -0.39 is 54.8 Å². The number of azo groups is 2. The minimum Gasteiger partial charge on any atom is -0.465 e. The van der Waals surface area contributed by atoms with Crippen molar-refractivity contribution in [1.82, 2.24) is 5.32 Å². The first-order chi connectivity index (χ1) is 20.3. The fourth-order valence-electron chi connectivity index (χ4n) is 3.50. The topological polar surface area (TPSA) is 266 Å². The van der Waals surface area contributed by atoms with Gasteiger partial charge in [-0.25, -0.2) is 13.2 Å². The summed E-state index contributed by atoms with van der Waals surface area (Å²) in [7, 11) is -7.24. The Morgan fingerprint density at radius 1 is 0.884 bits per heavy atom. The Morgan fingerprint density at radius 3 is 2.26 bits per heavy atom. The number of rotatable bonds is 12. The maximum Gasteiger partial charge on any atom is 0.340 e. The van der Waals surface area contributed by atoms with E-state index in [4.69, 9.17) is 21.3 Å². The predicted octanol–water partition coefficient (Wildman–Crippen LogP) is 2.85. The van der Waals surface area contributed by atoms with Crippen molar-refractivity contribution in [2.75, 3.05) is 43.2 Å². The van der Waals surface area contributed by atoms with Gasteiger partial charge in [0.2, 0.25) is 0 Å². The SMILES string of the molecule is COC(=O)c1ccccc1/N=N/c1cc(S(=O)(=O)O)c(N)c(/N=N/c2cccc(C(=O)NCCS(=O)(=O)CCO)c2)c1N. The number of amides is 1. The van der Waals surface area contributed by atoms with Crippen molar-refractivity contribution in [2.24, 2.45) is 20.5 Å². The van der Waals surface area contributed by atoms with Gasteiger partial charge in [-0.3, -0.25) is 9.35 Å². The van der Waals surface area contributed by atoms with Crippen LogP contribution in [-0.2, 0) is 24.7 Å². The largest absolute Gasteiger partial charge is 0.465 e. The fourth-order valence-corrected chi connectivity index (χ4v) is 5.03. The number of nitrogens with zero attached hydrogens (tertiary/aromatic N) is 4. The molecule has 0 unspecified atom stereocenters. The Bertz CT molecular complexity index is 1810. The van der Waals surface area contributed by atoms with Crippen molar-refractivity contribution in [1.29, 1.82) is 0 Å². The van der Waals surface area contributed by atoms with Crippen LogP contribution in [0.4, 0.5) is 34.1 Å². The molecule has 0 aliphatic heterocycles. The lowest BCUT2D eigenvalue weighted by molar-refractivity contribution is 0.0601. The minimum atomic E-state index is -4.90. The zero-order chi connectivity index (χ0) is 31.8. The van der Waals surface area contributed by atoms with E-state index in [0.29, 0.717) is 0 Å². The maximum atomic E-state index is 12.5. The molecule has 3 aromatic carbocycles. The first-order valence-corrected chi connectivity index (χ1v) is 15.4. The molecule has 228 valence electrons. The highest BCUT2D eigenvalue weighted by Crippen LogP contribution is 2.43. The van der Waals surface area contributed by atoms with Crippen LogP contribution in [0.1, 0.15) is 20.7 Å². The molecule has 1 amide bonds. The van der Waals surface area contributed by atoms with Gasteiger partial charge >= 0.3 is 5.97 Å². The summed E-state index contributed by atoms with van der Waals surface area (Å²) in [6.45, 7) is -0.719. The van der Waals surface area contributed by atoms with Crippen molar-refractivity contribution < 1.29 is 40.8 Å². The maximum absolute atomic E-state index is 12.5. The Morgan fingerprint density at radius 2 is 1.58 bits per heavy atom. The second kappa shape index (κ2) is 13.9. The number of ether oxygens (including phenoxy) is 1. The second-order valence-corrected chi connectivity index (χ2v) is 12.3. The van der Waals surface area contributed by atoms with Gasteiger partial charge in [0.25, 0.3) is 16.0 Å². The monoisotopic (exact) mass is 633 g/mol. The third-order valence-corrected chi connectivity index (χ3v) is 8.17. The molecule has 0 fully saturated rings. The summed E-state index contributed by atoms with van der Waals surface area (Å²) < 4.78 is 61.9. The van der Waals surface area contributed by atoms with Gasteiger partial charge in [0.15, 0.2) is 9.84 Å². The van der Waals surface area contributed by atoms with Crippen molar-refractivity contribution in [2.45, 2.75) is 4.90 Å². The average molecular weight is 634 g/mol. The van der Waals surface area contributed by atoms with E-state index in [2.05, 4.69) is 25.8 Å². The zero-order valence-electron chi connectivity index (χ0n) is 22.5. The predicted molar refractivity (Wildman–Crippen MR) is 156 cm³/mol. The van der Waals surface area contributed by atoms with E-state index in [-0.39, 0.29) is 51.9 Å². The van der Waals surface area contributed by atoms with E-state index in [1.54, 1.807) is 12.1 Å². The van der Waals surface area contributed by atoms with Crippen LogP contribution in [0.3, 0.4) is 0 Å². The van der Waals surface area contributed by atoms with E-state index in [1.165, 1.54) is 43.5 Å². The van der Waals surface area contributed by atoms with Gasteiger partial charge < -0.3 is 26.6 Å². The molecule has 7 N–H and O–H groups in total. The average Bonchev–Trinajstić information content (AvgIpc) is 2.95. The van der Waals surface area contributed by atoms with E-state index >= 15 is 0 Å². The van der Waals surface area contributed by atoms with Crippen molar-refractivity contribution in [3.63, 3.8) is 0 Å². The molecule has 0 bridgehead atoms. The number of aliphatic hydroxyl groups is 1. The Labute approximate surface area is 246 Å². The Balaban J connectivity index is 1.95. The number of nitrogen functional groups attached to an aromatic ring is 2. The van der Waals surface area contributed by atoms with E-state index in [1.807, 2.05) is 0 Å². The lowest BCUT2D eigenvalue weighted by Crippen LogP contribution is -2.30. The van der Waals surface area contributed by atoms with Gasteiger partial charge in [-0.05, 0) is 36.4 Å². The fraction of sp³-hybridized carbons (Fsp3) is 0.200. The Kier molecular flexibility index (Phi) is 10.6. The number of carbonyl (C=O) groups excluding carboxylic acids is 2. The van der Waals surface area contributed by atoms with Gasteiger partial charge in [-0.2, -0.15) is 13.5 Å². The second-order valence-electron chi connectivity index (χ2n) is 8.64. The van der Waals surface area contributed by atoms with Crippen LogP contribution >= 0.6 is 0 Å². The number of hydrogen-bond acceptors (Lipinski definition) is 14. The lowest BCUT2D eigenvalue weighted by Gasteiger charge is -2.10. The summed E-state index contributed by atoms with van der Waals surface area (Å²) >= 11 is 0. The quantitative estimate of drug-likeness (QED) is 0.0837. The third kappa shape index (κ3) is 8.61. The number of nitrogens with two attached hydrogens (primary N) is 2. The van der Waals surface area contributed by atoms with Crippen molar-refractivity contribution >= 4 is 66.0 Å².